The van der Waals surface area contributed by atoms with E-state index in [1.54, 1.807) is 0 Å². The molecule has 3 aromatic rings. The van der Waals surface area contributed by atoms with Gasteiger partial charge in [-0.15, -0.1) is 10.2 Å². The Hall–Kier alpha value is -2.69. The van der Waals surface area contributed by atoms with Gasteiger partial charge in [0.25, 0.3) is 0 Å². The Kier molecular flexibility index (Phi) is 8.43. The van der Waals surface area contributed by atoms with Crippen LogP contribution in [0.2, 0.25) is 0 Å². The number of rotatable bonds is 11. The summed E-state index contributed by atoms with van der Waals surface area (Å²) >= 11 is 1.04. The molecule has 1 aromatic heterocycles. The van der Waals surface area contributed by atoms with Gasteiger partial charge in [-0.3, -0.25) is 0 Å². The minimum absolute atomic E-state index is 0.169. The van der Waals surface area contributed by atoms with Crippen molar-refractivity contribution in [1.29, 1.82) is 0 Å². The summed E-state index contributed by atoms with van der Waals surface area (Å²) in [6.07, 6.45) is -2.43. The van der Waals surface area contributed by atoms with Crippen LogP contribution in [0.5, 0.6) is 11.5 Å². The first-order chi connectivity index (χ1) is 15.4. The molecular weight excluding hydrogens is 443 g/mol. The molecule has 3 N–H and O–H groups in total. The van der Waals surface area contributed by atoms with Gasteiger partial charge in [0.05, 0.1) is 31.4 Å². The molecule has 0 aliphatic rings. The summed E-state index contributed by atoms with van der Waals surface area (Å²) in [7, 11) is 0. The molecule has 2 aromatic carbocycles. The highest BCUT2D eigenvalue weighted by Crippen LogP contribution is 2.39. The second-order valence-corrected chi connectivity index (χ2v) is 8.02. The number of unbranched alkanes of at least 4 members (excludes halogenated alkanes) is 2. The van der Waals surface area contributed by atoms with Crippen LogP contribution in [0.4, 0.5) is 13.2 Å². The Morgan fingerprint density at radius 1 is 0.969 bits per heavy atom. The molecule has 32 heavy (non-hydrogen) atoms. The lowest BCUT2D eigenvalue weighted by atomic mass is 10.1. The van der Waals surface area contributed by atoms with Crippen LogP contribution in [0.1, 0.15) is 35.9 Å². The van der Waals surface area contributed by atoms with Crippen molar-refractivity contribution >= 4 is 11.3 Å². The molecule has 3 rings (SSSR count). The van der Waals surface area contributed by atoms with E-state index in [0.717, 1.165) is 36.0 Å². The number of ether oxygens (including phenoxy) is 2. The monoisotopic (exact) mass is 467 g/mol. The SMILES string of the molecule is N[C@@H](CO)c1nnc(-c2ccc(OCCCCCOc3ccccc3)c(C(F)(F)F)c2)s1. The van der Waals surface area contributed by atoms with Crippen molar-refractivity contribution in [2.45, 2.75) is 31.5 Å². The number of benzene rings is 2. The van der Waals surface area contributed by atoms with Crippen LogP contribution in [0, 0.1) is 0 Å². The van der Waals surface area contributed by atoms with Crippen LogP contribution in [-0.4, -0.2) is 35.1 Å². The van der Waals surface area contributed by atoms with Crippen molar-refractivity contribution in [1.82, 2.24) is 10.2 Å². The molecule has 10 heteroatoms. The van der Waals surface area contributed by atoms with Gasteiger partial charge in [-0.05, 0) is 49.6 Å². The molecule has 0 spiro atoms. The van der Waals surface area contributed by atoms with Gasteiger partial charge in [-0.25, -0.2) is 0 Å². The van der Waals surface area contributed by atoms with Crippen LogP contribution in [0.3, 0.4) is 0 Å². The van der Waals surface area contributed by atoms with Crippen molar-refractivity contribution < 1.29 is 27.8 Å². The van der Waals surface area contributed by atoms with E-state index in [2.05, 4.69) is 10.2 Å². The Labute approximate surface area is 187 Å². The number of para-hydroxylation sites is 1. The van der Waals surface area contributed by atoms with Gasteiger partial charge >= 0.3 is 6.18 Å². The smallest absolute Gasteiger partial charge is 0.419 e. The molecule has 0 radical (unpaired) electrons. The number of aliphatic hydroxyl groups excluding tert-OH is 1. The summed E-state index contributed by atoms with van der Waals surface area (Å²) < 4.78 is 51.8. The van der Waals surface area contributed by atoms with Crippen molar-refractivity contribution in [3.63, 3.8) is 0 Å². The quantitative estimate of drug-likeness (QED) is 0.392. The highest BCUT2D eigenvalue weighted by atomic mass is 32.1. The van der Waals surface area contributed by atoms with Gasteiger partial charge in [0.1, 0.15) is 21.5 Å². The molecule has 1 atom stereocenters. The second kappa shape index (κ2) is 11.3. The summed E-state index contributed by atoms with van der Waals surface area (Å²) in [5.41, 5.74) is 5.08. The Bertz CT molecular complexity index is 983. The van der Waals surface area contributed by atoms with Gasteiger partial charge in [-0.2, -0.15) is 13.2 Å². The highest BCUT2D eigenvalue weighted by Gasteiger charge is 2.35. The minimum Gasteiger partial charge on any atom is -0.494 e. The molecule has 0 saturated heterocycles. The molecule has 172 valence electrons. The van der Waals surface area contributed by atoms with Crippen molar-refractivity contribution in [3.8, 4) is 22.1 Å². The number of aliphatic hydroxyl groups is 1. The van der Waals surface area contributed by atoms with E-state index in [1.165, 1.54) is 12.1 Å². The van der Waals surface area contributed by atoms with Gasteiger partial charge < -0.3 is 20.3 Å². The zero-order valence-electron chi connectivity index (χ0n) is 17.2. The van der Waals surface area contributed by atoms with Gasteiger partial charge in [0, 0.05) is 5.56 Å². The normalized spacial score (nSPS) is 12.5. The predicted molar refractivity (Wildman–Crippen MR) is 116 cm³/mol. The molecule has 0 unspecified atom stereocenters. The zero-order chi connectivity index (χ0) is 23.0. The average molecular weight is 468 g/mol. The fraction of sp³-hybridized carbons (Fsp3) is 0.364. The van der Waals surface area contributed by atoms with Crippen LogP contribution in [-0.2, 0) is 6.18 Å². The first kappa shape index (κ1) is 24.0. The fourth-order valence-electron chi connectivity index (χ4n) is 2.86. The maximum atomic E-state index is 13.6. The molecule has 0 aliphatic carbocycles. The molecule has 0 fully saturated rings. The topological polar surface area (TPSA) is 90.5 Å². The molecule has 0 saturated carbocycles. The number of hydrogen-bond acceptors (Lipinski definition) is 7. The predicted octanol–water partition coefficient (Wildman–Crippen LogP) is 4.84. The van der Waals surface area contributed by atoms with E-state index in [0.29, 0.717) is 23.0 Å². The highest BCUT2D eigenvalue weighted by molar-refractivity contribution is 7.14. The number of nitrogens with two attached hydrogens (primary N) is 1. The lowest BCUT2D eigenvalue weighted by Gasteiger charge is -2.15. The van der Waals surface area contributed by atoms with E-state index in [9.17, 15) is 13.2 Å². The lowest BCUT2D eigenvalue weighted by Crippen LogP contribution is -2.13. The number of hydrogen-bond donors (Lipinski definition) is 2. The summed E-state index contributed by atoms with van der Waals surface area (Å²) in [5.74, 6) is 0.568. The third-order valence-electron chi connectivity index (χ3n) is 4.54. The molecule has 0 amide bonds. The Morgan fingerprint density at radius 2 is 1.69 bits per heavy atom. The molecule has 6 nitrogen and oxygen atoms in total. The maximum absolute atomic E-state index is 13.6. The lowest BCUT2D eigenvalue weighted by molar-refractivity contribution is -0.138. The van der Waals surface area contributed by atoms with E-state index in [4.69, 9.17) is 20.3 Å². The van der Waals surface area contributed by atoms with Crippen LogP contribution in [0.15, 0.2) is 48.5 Å². The molecule has 0 aliphatic heterocycles. The van der Waals surface area contributed by atoms with E-state index < -0.39 is 17.8 Å². The second-order valence-electron chi connectivity index (χ2n) is 7.01. The summed E-state index contributed by atoms with van der Waals surface area (Å²) in [4.78, 5) is 0. The molecule has 0 bridgehead atoms. The Morgan fingerprint density at radius 3 is 2.38 bits per heavy atom. The van der Waals surface area contributed by atoms with E-state index >= 15 is 0 Å². The number of halogens is 3. The summed E-state index contributed by atoms with van der Waals surface area (Å²) in [5, 5.41) is 17.5. The largest absolute Gasteiger partial charge is 0.494 e. The van der Waals surface area contributed by atoms with Gasteiger partial charge in [-0.1, -0.05) is 29.5 Å². The molecule has 1 heterocycles. The number of aromatic nitrogens is 2. The van der Waals surface area contributed by atoms with Crippen molar-refractivity contribution in [3.05, 3.63) is 59.1 Å². The van der Waals surface area contributed by atoms with Crippen LogP contribution >= 0.6 is 11.3 Å². The van der Waals surface area contributed by atoms with Crippen LogP contribution < -0.4 is 15.2 Å². The van der Waals surface area contributed by atoms with E-state index in [1.807, 2.05) is 30.3 Å². The standard InChI is InChI=1S/C22H24F3N3O3S/c23-22(24,25)17-13-15(20-27-28-21(32-20)18(26)14-29)9-10-19(17)31-12-6-2-5-11-30-16-7-3-1-4-8-16/h1,3-4,7-10,13,18,29H,2,5-6,11-12,14,26H2/t18-/m0/s1. The van der Waals surface area contributed by atoms with Crippen LogP contribution in [0.25, 0.3) is 10.6 Å². The first-order valence-corrected chi connectivity index (χ1v) is 10.9. The third-order valence-corrected chi connectivity index (χ3v) is 5.65. The average Bonchev–Trinajstić information content (AvgIpc) is 3.28. The summed E-state index contributed by atoms with van der Waals surface area (Å²) in [6, 6.07) is 12.5. The fourth-order valence-corrected chi connectivity index (χ4v) is 3.69. The van der Waals surface area contributed by atoms with Gasteiger partial charge in [0.2, 0.25) is 0 Å². The number of alkyl halides is 3. The Balaban J connectivity index is 1.55. The van der Waals surface area contributed by atoms with Crippen molar-refractivity contribution in [2.75, 3.05) is 19.8 Å². The van der Waals surface area contributed by atoms with E-state index in [-0.39, 0.29) is 24.5 Å². The first-order valence-electron chi connectivity index (χ1n) is 10.1. The third kappa shape index (κ3) is 6.65. The van der Waals surface area contributed by atoms with Gasteiger partial charge in [0.15, 0.2) is 0 Å². The van der Waals surface area contributed by atoms with Crippen molar-refractivity contribution in [2.24, 2.45) is 5.73 Å². The minimum atomic E-state index is -4.58. The maximum Gasteiger partial charge on any atom is 0.419 e. The zero-order valence-corrected chi connectivity index (χ0v) is 18.0. The summed E-state index contributed by atoms with van der Waals surface area (Å²) in [6.45, 7) is 0.381. The number of nitrogens with zero attached hydrogens (tertiary/aromatic N) is 2. The molecular formula is C22H24F3N3O3S.